The van der Waals surface area contributed by atoms with Gasteiger partial charge in [0.1, 0.15) is 11.6 Å². The van der Waals surface area contributed by atoms with Crippen molar-refractivity contribution in [2.75, 3.05) is 12.4 Å². The number of aromatic nitrogens is 2. The second kappa shape index (κ2) is 7.11. The van der Waals surface area contributed by atoms with Gasteiger partial charge in [0.15, 0.2) is 0 Å². The molecular formula is C19H18F3N3O. The third kappa shape index (κ3) is 4.17. The highest BCUT2D eigenvalue weighted by molar-refractivity contribution is 5.73. The minimum Gasteiger partial charge on any atom is -0.406 e. The van der Waals surface area contributed by atoms with Crippen LogP contribution in [0.1, 0.15) is 13.3 Å². The van der Waals surface area contributed by atoms with Crippen molar-refractivity contribution < 1.29 is 17.9 Å². The number of nitrogens with one attached hydrogen (secondary N) is 1. The van der Waals surface area contributed by atoms with Crippen LogP contribution in [0.3, 0.4) is 0 Å². The van der Waals surface area contributed by atoms with Crippen molar-refractivity contribution in [3.63, 3.8) is 0 Å². The molecule has 4 nitrogen and oxygen atoms in total. The van der Waals surface area contributed by atoms with Crippen LogP contribution in [0.15, 0.2) is 60.2 Å². The predicted molar refractivity (Wildman–Crippen MR) is 95.7 cm³/mol. The summed E-state index contributed by atoms with van der Waals surface area (Å²) in [5.74, 6) is 0.345. The van der Waals surface area contributed by atoms with Crippen molar-refractivity contribution in [2.45, 2.75) is 19.7 Å². The summed E-state index contributed by atoms with van der Waals surface area (Å²) in [6.45, 7) is 1.99. The minimum absolute atomic E-state index is 0.268. The molecule has 0 radical (unpaired) electrons. The van der Waals surface area contributed by atoms with Gasteiger partial charge in [-0.2, -0.15) is 0 Å². The Hall–Kier alpha value is -2.96. The number of halogens is 3. The average molecular weight is 361 g/mol. The first-order valence-electron chi connectivity index (χ1n) is 8.05. The van der Waals surface area contributed by atoms with Crippen LogP contribution in [-0.2, 0) is 0 Å². The summed E-state index contributed by atoms with van der Waals surface area (Å²) in [5.41, 5.74) is 3.15. The Balaban J connectivity index is 2.07. The Morgan fingerprint density at radius 3 is 2.77 bits per heavy atom. The van der Waals surface area contributed by atoms with Gasteiger partial charge in [0, 0.05) is 18.7 Å². The summed E-state index contributed by atoms with van der Waals surface area (Å²) in [4.78, 5) is 0. The van der Waals surface area contributed by atoms with E-state index in [9.17, 15) is 13.2 Å². The molecule has 0 bridgehead atoms. The van der Waals surface area contributed by atoms with Gasteiger partial charge in [-0.15, -0.1) is 18.3 Å². The molecule has 0 amide bonds. The molecule has 7 heteroatoms. The number of anilines is 1. The van der Waals surface area contributed by atoms with Gasteiger partial charge in [0.2, 0.25) is 0 Å². The highest BCUT2D eigenvalue weighted by atomic mass is 19.4. The number of ether oxygens (including phenoxy) is 1. The summed E-state index contributed by atoms with van der Waals surface area (Å²) in [5, 5.41) is 7.47. The molecule has 0 saturated heterocycles. The van der Waals surface area contributed by atoms with Crippen molar-refractivity contribution in [3.8, 4) is 17.0 Å². The zero-order valence-corrected chi connectivity index (χ0v) is 14.3. The van der Waals surface area contributed by atoms with Crippen molar-refractivity contribution in [1.82, 2.24) is 9.78 Å². The monoisotopic (exact) mass is 361 g/mol. The van der Waals surface area contributed by atoms with Crippen LogP contribution < -0.4 is 10.1 Å². The van der Waals surface area contributed by atoms with Gasteiger partial charge in [-0.05, 0) is 37.6 Å². The largest absolute Gasteiger partial charge is 0.573 e. The summed E-state index contributed by atoms with van der Waals surface area (Å²) in [6, 6.07) is 7.65. The molecule has 0 spiro atoms. The first-order chi connectivity index (χ1) is 12.4. The molecular weight excluding hydrogens is 343 g/mol. The lowest BCUT2D eigenvalue weighted by molar-refractivity contribution is -0.274. The maximum atomic E-state index is 12.5. The van der Waals surface area contributed by atoms with E-state index in [0.717, 1.165) is 17.7 Å². The van der Waals surface area contributed by atoms with Gasteiger partial charge in [-0.1, -0.05) is 29.9 Å². The second-order valence-corrected chi connectivity index (χ2v) is 5.81. The van der Waals surface area contributed by atoms with E-state index in [-0.39, 0.29) is 5.75 Å². The molecule has 1 aromatic heterocycles. The number of allylic oxidation sites excluding steroid dienone is 6. The smallest absolute Gasteiger partial charge is 0.406 e. The van der Waals surface area contributed by atoms with E-state index in [2.05, 4.69) is 21.2 Å². The van der Waals surface area contributed by atoms with Gasteiger partial charge in [-0.3, -0.25) is 0 Å². The van der Waals surface area contributed by atoms with Crippen LogP contribution in [0, 0.1) is 0 Å². The first-order valence-corrected chi connectivity index (χ1v) is 8.05. The number of alkyl halides is 3. The van der Waals surface area contributed by atoms with Crippen molar-refractivity contribution in [2.24, 2.45) is 0 Å². The molecule has 0 fully saturated rings. The maximum absolute atomic E-state index is 12.5. The molecule has 0 saturated carbocycles. The fourth-order valence-corrected chi connectivity index (χ4v) is 2.67. The van der Waals surface area contributed by atoms with Gasteiger partial charge in [0.05, 0.1) is 11.4 Å². The van der Waals surface area contributed by atoms with Gasteiger partial charge < -0.3 is 10.1 Å². The lowest BCUT2D eigenvalue weighted by atomic mass is 10.1. The molecule has 1 aromatic carbocycles. The van der Waals surface area contributed by atoms with Crippen LogP contribution in [0.2, 0.25) is 0 Å². The topological polar surface area (TPSA) is 39.1 Å². The Bertz CT molecular complexity index is 892. The quantitative estimate of drug-likeness (QED) is 0.810. The minimum atomic E-state index is -4.73. The van der Waals surface area contributed by atoms with Gasteiger partial charge >= 0.3 is 6.36 Å². The number of benzene rings is 1. The van der Waals surface area contributed by atoms with Gasteiger partial charge in [-0.25, -0.2) is 4.68 Å². The molecule has 0 unspecified atom stereocenters. The summed E-state index contributed by atoms with van der Waals surface area (Å²) in [7, 11) is 1.74. The number of hydrogen-bond donors (Lipinski definition) is 1. The van der Waals surface area contributed by atoms with E-state index in [0.29, 0.717) is 17.1 Å². The molecule has 1 aliphatic carbocycles. The molecule has 0 aliphatic heterocycles. The third-order valence-electron chi connectivity index (χ3n) is 3.81. The Kier molecular flexibility index (Phi) is 4.88. The van der Waals surface area contributed by atoms with Crippen molar-refractivity contribution >= 4 is 11.5 Å². The lowest BCUT2D eigenvalue weighted by Gasteiger charge is -2.12. The normalized spacial score (nSPS) is 14.5. The van der Waals surface area contributed by atoms with Crippen molar-refractivity contribution in [1.29, 1.82) is 0 Å². The van der Waals surface area contributed by atoms with Crippen LogP contribution >= 0.6 is 0 Å². The SMILES string of the molecule is CNc1cc(-c2cccc(OC(F)(F)F)c2)n(C2=CC(C)=CCC=C2)n1. The van der Waals surface area contributed by atoms with Crippen LogP contribution in [-0.4, -0.2) is 23.2 Å². The zero-order chi connectivity index (χ0) is 18.7. The van der Waals surface area contributed by atoms with Crippen LogP contribution in [0.25, 0.3) is 17.0 Å². The molecule has 3 rings (SSSR count). The summed E-state index contributed by atoms with van der Waals surface area (Å²) < 4.78 is 43.3. The molecule has 1 aliphatic rings. The number of nitrogens with zero attached hydrogens (tertiary/aromatic N) is 2. The predicted octanol–water partition coefficient (Wildman–Crippen LogP) is 5.24. The van der Waals surface area contributed by atoms with E-state index >= 15 is 0 Å². The molecule has 2 aromatic rings. The number of hydrogen-bond acceptors (Lipinski definition) is 3. The number of rotatable bonds is 4. The van der Waals surface area contributed by atoms with Crippen molar-refractivity contribution in [3.05, 3.63) is 60.2 Å². The Morgan fingerprint density at radius 2 is 2.04 bits per heavy atom. The molecule has 26 heavy (non-hydrogen) atoms. The average Bonchev–Trinajstić information content (AvgIpc) is 2.89. The Morgan fingerprint density at radius 1 is 1.23 bits per heavy atom. The summed E-state index contributed by atoms with van der Waals surface area (Å²) in [6.07, 6.45) is 4.10. The fourth-order valence-electron chi connectivity index (χ4n) is 2.67. The van der Waals surface area contributed by atoms with E-state index in [1.54, 1.807) is 23.9 Å². The zero-order valence-electron chi connectivity index (χ0n) is 14.3. The standard InChI is InChI=1S/C19H18F3N3O/c1-13-6-3-4-8-15(10-13)25-17(12-18(23-2)24-25)14-7-5-9-16(11-14)26-19(20,21)22/h4-12H,3H2,1-2H3,(H,23,24). The first kappa shape index (κ1) is 17.8. The van der Waals surface area contributed by atoms with E-state index in [1.165, 1.54) is 18.2 Å². The van der Waals surface area contributed by atoms with Crippen LogP contribution in [0.5, 0.6) is 5.75 Å². The van der Waals surface area contributed by atoms with Crippen LogP contribution in [0.4, 0.5) is 19.0 Å². The highest BCUT2D eigenvalue weighted by Crippen LogP contribution is 2.31. The molecule has 1 N–H and O–H groups in total. The lowest BCUT2D eigenvalue weighted by Crippen LogP contribution is -2.17. The van der Waals surface area contributed by atoms with E-state index < -0.39 is 6.36 Å². The highest BCUT2D eigenvalue weighted by Gasteiger charge is 2.31. The Labute approximate surface area is 149 Å². The fraction of sp³-hybridized carbons (Fsp3) is 0.211. The van der Waals surface area contributed by atoms with E-state index in [1.807, 2.05) is 25.2 Å². The van der Waals surface area contributed by atoms with Gasteiger partial charge in [0.25, 0.3) is 0 Å². The molecule has 136 valence electrons. The third-order valence-corrected chi connectivity index (χ3v) is 3.81. The molecule has 0 atom stereocenters. The summed E-state index contributed by atoms with van der Waals surface area (Å²) >= 11 is 0. The van der Waals surface area contributed by atoms with E-state index in [4.69, 9.17) is 0 Å². The molecule has 1 heterocycles. The second-order valence-electron chi connectivity index (χ2n) is 5.81. The maximum Gasteiger partial charge on any atom is 0.573 e.